The number of aromatic nitrogens is 2. The average molecular weight is 507 g/mol. The van der Waals surface area contributed by atoms with E-state index in [1.807, 2.05) is 57.2 Å². The summed E-state index contributed by atoms with van der Waals surface area (Å²) in [6, 6.07) is 13.5. The van der Waals surface area contributed by atoms with Gasteiger partial charge in [0, 0.05) is 19.3 Å². The highest BCUT2D eigenvalue weighted by Crippen LogP contribution is 2.35. The predicted molar refractivity (Wildman–Crippen MR) is 144 cm³/mol. The summed E-state index contributed by atoms with van der Waals surface area (Å²) in [6.07, 6.45) is 3.34. The summed E-state index contributed by atoms with van der Waals surface area (Å²) in [7, 11) is 0. The molecule has 5 rings (SSSR count). The first kappa shape index (κ1) is 23.7. The SMILES string of the molecule is Cc1ccc(CN2C(=O)/C(=C\c3c(N4CC(C)OC(C)C4)nc4ccccn4c3=O)SC2=S)cc1. The summed E-state index contributed by atoms with van der Waals surface area (Å²) in [5, 5.41) is 0. The van der Waals surface area contributed by atoms with E-state index in [4.69, 9.17) is 21.9 Å². The van der Waals surface area contributed by atoms with Crippen molar-refractivity contribution in [1.82, 2.24) is 14.3 Å². The lowest BCUT2D eigenvalue weighted by Gasteiger charge is -2.36. The van der Waals surface area contributed by atoms with Crippen LogP contribution >= 0.6 is 24.0 Å². The van der Waals surface area contributed by atoms with Crippen molar-refractivity contribution in [3.05, 3.63) is 80.6 Å². The van der Waals surface area contributed by atoms with Crippen LogP contribution in [-0.2, 0) is 16.1 Å². The van der Waals surface area contributed by atoms with Gasteiger partial charge in [0.25, 0.3) is 11.5 Å². The molecule has 9 heteroatoms. The number of anilines is 1. The predicted octanol–water partition coefficient (Wildman–Crippen LogP) is 4.02. The van der Waals surface area contributed by atoms with Gasteiger partial charge in [-0.25, -0.2) is 4.98 Å². The van der Waals surface area contributed by atoms with Crippen molar-refractivity contribution in [2.45, 2.75) is 39.5 Å². The Balaban J connectivity index is 1.55. The molecule has 1 amide bonds. The number of rotatable bonds is 4. The minimum Gasteiger partial charge on any atom is -0.372 e. The Morgan fingerprint density at radius 3 is 2.54 bits per heavy atom. The van der Waals surface area contributed by atoms with Crippen molar-refractivity contribution < 1.29 is 9.53 Å². The van der Waals surface area contributed by atoms with Crippen molar-refractivity contribution in [1.29, 1.82) is 0 Å². The number of carbonyl (C=O) groups excluding carboxylic acids is 1. The van der Waals surface area contributed by atoms with E-state index in [9.17, 15) is 9.59 Å². The Kier molecular flexibility index (Phi) is 6.48. The first-order chi connectivity index (χ1) is 16.8. The lowest BCUT2D eigenvalue weighted by Crippen LogP contribution is -2.46. The van der Waals surface area contributed by atoms with E-state index in [1.54, 1.807) is 23.2 Å². The fraction of sp³-hybridized carbons (Fsp3) is 0.308. The third-order valence-electron chi connectivity index (χ3n) is 6.08. The molecule has 0 N–H and O–H groups in total. The van der Waals surface area contributed by atoms with Gasteiger partial charge in [0.15, 0.2) is 0 Å². The number of ether oxygens (including phenoxy) is 1. The maximum Gasteiger partial charge on any atom is 0.267 e. The number of hydrogen-bond donors (Lipinski definition) is 0. The van der Waals surface area contributed by atoms with Gasteiger partial charge in [0.1, 0.15) is 15.8 Å². The summed E-state index contributed by atoms with van der Waals surface area (Å²) in [5.41, 5.74) is 2.87. The number of morpholine rings is 1. The Bertz CT molecular complexity index is 1390. The summed E-state index contributed by atoms with van der Waals surface area (Å²) in [6.45, 7) is 7.64. The van der Waals surface area contributed by atoms with Crippen LogP contribution in [0.25, 0.3) is 11.7 Å². The van der Waals surface area contributed by atoms with Crippen LogP contribution in [0.4, 0.5) is 5.82 Å². The van der Waals surface area contributed by atoms with Crippen LogP contribution in [0, 0.1) is 6.92 Å². The van der Waals surface area contributed by atoms with Gasteiger partial charge in [-0.1, -0.05) is 59.9 Å². The molecule has 180 valence electrons. The number of aryl methyl sites for hydroxylation is 1. The van der Waals surface area contributed by atoms with Crippen LogP contribution in [-0.4, -0.2) is 49.8 Å². The molecule has 0 spiro atoms. The number of hydrogen-bond acceptors (Lipinski definition) is 7. The number of thioether (sulfide) groups is 1. The Labute approximate surface area is 213 Å². The lowest BCUT2D eigenvalue weighted by molar-refractivity contribution is -0.122. The number of nitrogens with zero attached hydrogens (tertiary/aromatic N) is 4. The van der Waals surface area contributed by atoms with Crippen LogP contribution in [0.5, 0.6) is 0 Å². The molecule has 0 saturated carbocycles. The van der Waals surface area contributed by atoms with Gasteiger partial charge in [-0.3, -0.25) is 18.9 Å². The van der Waals surface area contributed by atoms with Crippen LogP contribution < -0.4 is 10.5 Å². The molecule has 0 aliphatic carbocycles. The van der Waals surface area contributed by atoms with Crippen LogP contribution in [0.1, 0.15) is 30.5 Å². The highest BCUT2D eigenvalue weighted by molar-refractivity contribution is 8.26. The number of thiocarbonyl (C=S) groups is 1. The molecule has 2 unspecified atom stereocenters. The highest BCUT2D eigenvalue weighted by Gasteiger charge is 2.33. The fourth-order valence-electron chi connectivity index (χ4n) is 4.45. The van der Waals surface area contributed by atoms with Gasteiger partial charge < -0.3 is 9.64 Å². The molecule has 2 aliphatic heterocycles. The molecule has 2 saturated heterocycles. The van der Waals surface area contributed by atoms with E-state index in [2.05, 4.69) is 4.90 Å². The number of amides is 1. The van der Waals surface area contributed by atoms with Crippen LogP contribution in [0.2, 0.25) is 0 Å². The molecule has 1 aromatic carbocycles. The Hall–Kier alpha value is -3.01. The lowest BCUT2D eigenvalue weighted by atomic mass is 10.1. The molecule has 2 aliphatic rings. The number of carbonyl (C=O) groups is 1. The normalized spacial score (nSPS) is 22.0. The first-order valence-corrected chi connectivity index (χ1v) is 12.8. The summed E-state index contributed by atoms with van der Waals surface area (Å²) in [4.78, 5) is 35.8. The monoisotopic (exact) mass is 506 g/mol. The maximum absolute atomic E-state index is 13.6. The largest absolute Gasteiger partial charge is 0.372 e. The van der Waals surface area contributed by atoms with E-state index in [0.717, 1.165) is 11.1 Å². The second kappa shape index (κ2) is 9.56. The molecule has 35 heavy (non-hydrogen) atoms. The molecule has 2 aromatic heterocycles. The molecule has 4 heterocycles. The second-order valence-corrected chi connectivity index (χ2v) is 10.7. The van der Waals surface area contributed by atoms with Gasteiger partial charge in [0.05, 0.1) is 29.2 Å². The van der Waals surface area contributed by atoms with Crippen molar-refractivity contribution in [2.24, 2.45) is 0 Å². The van der Waals surface area contributed by atoms with Crippen molar-refractivity contribution in [2.75, 3.05) is 18.0 Å². The quantitative estimate of drug-likeness (QED) is 0.391. The van der Waals surface area contributed by atoms with Crippen molar-refractivity contribution in [3.8, 4) is 0 Å². The standard InChI is InChI=1S/C26H26N4O3S2/c1-16-7-9-19(10-8-16)15-30-25(32)21(35-26(30)34)12-20-23(28-13-17(2)33-18(3)14-28)27-22-6-4-5-11-29(22)24(20)31/h4-12,17-18H,13-15H2,1-3H3/b21-12+. The van der Waals surface area contributed by atoms with E-state index >= 15 is 0 Å². The van der Waals surface area contributed by atoms with Gasteiger partial charge in [-0.2, -0.15) is 0 Å². The molecule has 7 nitrogen and oxygen atoms in total. The highest BCUT2D eigenvalue weighted by atomic mass is 32.2. The zero-order chi connectivity index (χ0) is 24.7. The molecule has 0 radical (unpaired) electrons. The number of fused-ring (bicyclic) bond motifs is 1. The van der Waals surface area contributed by atoms with Crippen molar-refractivity contribution >= 4 is 51.7 Å². The second-order valence-electron chi connectivity index (χ2n) is 9.00. The van der Waals surface area contributed by atoms with Gasteiger partial charge in [0.2, 0.25) is 0 Å². The minimum absolute atomic E-state index is 0.00431. The third-order valence-corrected chi connectivity index (χ3v) is 7.46. The van der Waals surface area contributed by atoms with Gasteiger partial charge in [-0.05, 0) is 44.5 Å². The van der Waals surface area contributed by atoms with E-state index in [1.165, 1.54) is 16.2 Å². The Morgan fingerprint density at radius 1 is 1.11 bits per heavy atom. The van der Waals surface area contributed by atoms with E-state index < -0.39 is 0 Å². The molecular formula is C26H26N4O3S2. The minimum atomic E-state index is -0.221. The zero-order valence-corrected chi connectivity index (χ0v) is 21.4. The third kappa shape index (κ3) is 4.76. The molecule has 0 bridgehead atoms. The van der Waals surface area contributed by atoms with Crippen molar-refractivity contribution in [3.63, 3.8) is 0 Å². The van der Waals surface area contributed by atoms with E-state index in [-0.39, 0.29) is 23.7 Å². The summed E-state index contributed by atoms with van der Waals surface area (Å²) in [5.74, 6) is 0.361. The average Bonchev–Trinajstić information content (AvgIpc) is 3.09. The zero-order valence-electron chi connectivity index (χ0n) is 19.8. The molecule has 2 fully saturated rings. The Morgan fingerprint density at radius 2 is 1.83 bits per heavy atom. The molecule has 3 aromatic rings. The van der Waals surface area contributed by atoms with Crippen LogP contribution in [0.3, 0.4) is 0 Å². The van der Waals surface area contributed by atoms with Gasteiger partial charge in [-0.15, -0.1) is 0 Å². The number of benzene rings is 1. The molecular weight excluding hydrogens is 480 g/mol. The summed E-state index contributed by atoms with van der Waals surface area (Å²) < 4.78 is 7.88. The first-order valence-electron chi connectivity index (χ1n) is 11.5. The smallest absolute Gasteiger partial charge is 0.267 e. The maximum atomic E-state index is 13.6. The van der Waals surface area contributed by atoms with Gasteiger partial charge >= 0.3 is 0 Å². The topological polar surface area (TPSA) is 67.2 Å². The number of pyridine rings is 1. The summed E-state index contributed by atoms with van der Waals surface area (Å²) >= 11 is 6.76. The van der Waals surface area contributed by atoms with E-state index in [0.29, 0.717) is 45.9 Å². The molecule has 2 atom stereocenters. The fourth-order valence-corrected chi connectivity index (χ4v) is 5.69. The van der Waals surface area contributed by atoms with Crippen LogP contribution in [0.15, 0.2) is 58.4 Å².